The third-order valence-corrected chi connectivity index (χ3v) is 2.57. The van der Waals surface area contributed by atoms with Crippen molar-refractivity contribution in [1.29, 1.82) is 0 Å². The van der Waals surface area contributed by atoms with Crippen LogP contribution in [0.3, 0.4) is 0 Å². The molecule has 0 radical (unpaired) electrons. The van der Waals surface area contributed by atoms with E-state index in [1.165, 1.54) is 0 Å². The Labute approximate surface area is 112 Å². The van der Waals surface area contributed by atoms with Gasteiger partial charge in [-0.1, -0.05) is 0 Å². The number of amides is 1. The largest absolute Gasteiger partial charge is 0.369 e. The Balaban J connectivity index is 2.30. The van der Waals surface area contributed by atoms with E-state index in [9.17, 15) is 4.79 Å². The van der Waals surface area contributed by atoms with E-state index in [2.05, 4.69) is 15.3 Å². The standard InChI is InChI=1S/C13H19N5O/c1-8-5-9-11(15-6-8)18(12(14)16-9)7-10(19)17-13(2,3)4/h5-6H,7H2,1-4H3,(H2,14,16)(H,17,19). The zero-order valence-corrected chi connectivity index (χ0v) is 11.7. The maximum Gasteiger partial charge on any atom is 0.240 e. The van der Waals surface area contributed by atoms with E-state index < -0.39 is 0 Å². The summed E-state index contributed by atoms with van der Waals surface area (Å²) < 4.78 is 1.62. The molecule has 0 aromatic carbocycles. The van der Waals surface area contributed by atoms with Gasteiger partial charge in [0.1, 0.15) is 12.1 Å². The number of nitrogen functional groups attached to an aromatic ring is 1. The number of nitrogens with one attached hydrogen (secondary N) is 1. The minimum atomic E-state index is -0.272. The number of carbonyl (C=O) groups is 1. The van der Waals surface area contributed by atoms with Crippen LogP contribution in [0.5, 0.6) is 0 Å². The van der Waals surface area contributed by atoms with Gasteiger partial charge in [0.25, 0.3) is 0 Å². The Morgan fingerprint density at radius 1 is 1.47 bits per heavy atom. The molecule has 102 valence electrons. The van der Waals surface area contributed by atoms with Crippen LogP contribution in [0.15, 0.2) is 12.3 Å². The highest BCUT2D eigenvalue weighted by atomic mass is 16.2. The van der Waals surface area contributed by atoms with E-state index in [4.69, 9.17) is 5.73 Å². The summed E-state index contributed by atoms with van der Waals surface area (Å²) in [6, 6.07) is 1.90. The highest BCUT2D eigenvalue weighted by Gasteiger charge is 2.17. The number of nitrogens with zero attached hydrogens (tertiary/aromatic N) is 3. The Bertz CT molecular complexity index is 624. The number of imidazole rings is 1. The van der Waals surface area contributed by atoms with Gasteiger partial charge in [-0.3, -0.25) is 9.36 Å². The minimum absolute atomic E-state index is 0.110. The lowest BCUT2D eigenvalue weighted by Crippen LogP contribution is -2.42. The van der Waals surface area contributed by atoms with Gasteiger partial charge in [0.05, 0.1) is 0 Å². The number of fused-ring (bicyclic) bond motifs is 1. The topological polar surface area (TPSA) is 85.8 Å². The maximum atomic E-state index is 11.9. The fourth-order valence-corrected chi connectivity index (χ4v) is 1.89. The molecule has 0 saturated heterocycles. The fourth-order valence-electron chi connectivity index (χ4n) is 1.89. The minimum Gasteiger partial charge on any atom is -0.369 e. The summed E-state index contributed by atoms with van der Waals surface area (Å²) in [5.74, 6) is 0.193. The molecule has 0 saturated carbocycles. The molecule has 6 heteroatoms. The first-order valence-corrected chi connectivity index (χ1v) is 6.15. The SMILES string of the molecule is Cc1cnc2c(c1)nc(N)n2CC(=O)NC(C)(C)C. The first-order valence-electron chi connectivity index (χ1n) is 6.15. The average Bonchev–Trinajstić information content (AvgIpc) is 2.51. The van der Waals surface area contributed by atoms with Crippen molar-refractivity contribution in [2.45, 2.75) is 39.8 Å². The van der Waals surface area contributed by atoms with Crippen molar-refractivity contribution in [3.05, 3.63) is 17.8 Å². The van der Waals surface area contributed by atoms with Gasteiger partial charge in [-0.05, 0) is 39.3 Å². The van der Waals surface area contributed by atoms with Crippen LogP contribution < -0.4 is 11.1 Å². The summed E-state index contributed by atoms with van der Waals surface area (Å²) in [5, 5.41) is 2.89. The molecular weight excluding hydrogens is 242 g/mol. The molecule has 0 atom stereocenters. The van der Waals surface area contributed by atoms with Crippen LogP contribution in [0, 0.1) is 6.92 Å². The van der Waals surface area contributed by atoms with E-state index in [1.807, 2.05) is 33.8 Å². The number of carbonyl (C=O) groups excluding carboxylic acids is 1. The van der Waals surface area contributed by atoms with Crippen molar-refractivity contribution >= 4 is 23.0 Å². The number of pyridine rings is 1. The highest BCUT2D eigenvalue weighted by Crippen LogP contribution is 2.16. The summed E-state index contributed by atoms with van der Waals surface area (Å²) in [6.45, 7) is 7.86. The van der Waals surface area contributed by atoms with Crippen molar-refractivity contribution in [3.8, 4) is 0 Å². The molecule has 0 aliphatic heterocycles. The zero-order chi connectivity index (χ0) is 14.2. The summed E-state index contributed by atoms with van der Waals surface area (Å²) in [5.41, 5.74) is 7.93. The number of hydrogen-bond acceptors (Lipinski definition) is 4. The van der Waals surface area contributed by atoms with Crippen molar-refractivity contribution in [2.24, 2.45) is 0 Å². The fraction of sp³-hybridized carbons (Fsp3) is 0.462. The average molecular weight is 261 g/mol. The van der Waals surface area contributed by atoms with Crippen molar-refractivity contribution < 1.29 is 4.79 Å². The van der Waals surface area contributed by atoms with E-state index in [0.29, 0.717) is 17.1 Å². The molecule has 0 unspecified atom stereocenters. The van der Waals surface area contributed by atoms with Gasteiger partial charge in [0.2, 0.25) is 11.9 Å². The first kappa shape index (κ1) is 13.3. The first-order chi connectivity index (χ1) is 8.76. The highest BCUT2D eigenvalue weighted by molar-refractivity contribution is 5.81. The molecule has 0 spiro atoms. The van der Waals surface area contributed by atoms with Crippen LogP contribution in [0.4, 0.5) is 5.95 Å². The summed E-state index contributed by atoms with van der Waals surface area (Å²) in [6.07, 6.45) is 1.74. The molecule has 1 amide bonds. The molecule has 2 rings (SSSR count). The summed E-state index contributed by atoms with van der Waals surface area (Å²) in [7, 11) is 0. The third kappa shape index (κ3) is 3.01. The molecule has 0 aliphatic rings. The monoisotopic (exact) mass is 261 g/mol. The van der Waals surface area contributed by atoms with E-state index in [-0.39, 0.29) is 18.0 Å². The number of hydrogen-bond donors (Lipinski definition) is 2. The molecule has 0 bridgehead atoms. The quantitative estimate of drug-likeness (QED) is 0.851. The Hall–Kier alpha value is -2.11. The Morgan fingerprint density at radius 2 is 2.16 bits per heavy atom. The lowest BCUT2D eigenvalue weighted by atomic mass is 10.1. The maximum absolute atomic E-state index is 11.9. The van der Waals surface area contributed by atoms with Gasteiger partial charge < -0.3 is 11.1 Å². The molecule has 19 heavy (non-hydrogen) atoms. The lowest BCUT2D eigenvalue weighted by Gasteiger charge is -2.20. The van der Waals surface area contributed by atoms with Gasteiger partial charge in [-0.15, -0.1) is 0 Å². The molecule has 0 fully saturated rings. The second-order valence-corrected chi connectivity index (χ2v) is 5.71. The third-order valence-electron chi connectivity index (χ3n) is 2.57. The van der Waals surface area contributed by atoms with Crippen LogP contribution in [0.2, 0.25) is 0 Å². The molecule has 6 nitrogen and oxygen atoms in total. The molecular formula is C13H19N5O. The Kier molecular flexibility index (Phi) is 3.18. The smallest absolute Gasteiger partial charge is 0.240 e. The van der Waals surface area contributed by atoms with Crippen LogP contribution in [-0.4, -0.2) is 26.0 Å². The van der Waals surface area contributed by atoms with Crippen LogP contribution in [0.25, 0.3) is 11.2 Å². The van der Waals surface area contributed by atoms with Crippen LogP contribution >= 0.6 is 0 Å². The van der Waals surface area contributed by atoms with E-state index in [0.717, 1.165) is 5.56 Å². The van der Waals surface area contributed by atoms with Gasteiger partial charge in [0.15, 0.2) is 5.65 Å². The van der Waals surface area contributed by atoms with Crippen molar-refractivity contribution in [3.63, 3.8) is 0 Å². The van der Waals surface area contributed by atoms with Gasteiger partial charge in [-0.25, -0.2) is 9.97 Å². The summed E-state index contributed by atoms with van der Waals surface area (Å²) >= 11 is 0. The number of aryl methyl sites for hydroxylation is 1. The predicted octanol–water partition coefficient (Wildman–Crippen LogP) is 1.24. The molecule has 2 aromatic heterocycles. The Morgan fingerprint density at radius 3 is 2.79 bits per heavy atom. The number of nitrogens with two attached hydrogens (primary N) is 1. The van der Waals surface area contributed by atoms with E-state index in [1.54, 1.807) is 10.8 Å². The van der Waals surface area contributed by atoms with Crippen LogP contribution in [0.1, 0.15) is 26.3 Å². The normalized spacial score (nSPS) is 11.8. The van der Waals surface area contributed by atoms with E-state index >= 15 is 0 Å². The molecule has 3 N–H and O–H groups in total. The summed E-state index contributed by atoms with van der Waals surface area (Å²) in [4.78, 5) is 20.5. The second-order valence-electron chi connectivity index (χ2n) is 5.71. The molecule has 2 aromatic rings. The lowest BCUT2D eigenvalue weighted by molar-refractivity contribution is -0.123. The predicted molar refractivity (Wildman–Crippen MR) is 74.6 cm³/mol. The van der Waals surface area contributed by atoms with Gasteiger partial charge in [-0.2, -0.15) is 0 Å². The zero-order valence-electron chi connectivity index (χ0n) is 11.7. The van der Waals surface area contributed by atoms with Gasteiger partial charge in [0, 0.05) is 11.7 Å². The second kappa shape index (κ2) is 4.53. The van der Waals surface area contributed by atoms with Crippen molar-refractivity contribution in [2.75, 3.05) is 5.73 Å². The molecule has 2 heterocycles. The number of rotatable bonds is 2. The van der Waals surface area contributed by atoms with Gasteiger partial charge >= 0.3 is 0 Å². The molecule has 0 aliphatic carbocycles. The number of aromatic nitrogens is 3. The number of anilines is 1. The van der Waals surface area contributed by atoms with Crippen molar-refractivity contribution in [1.82, 2.24) is 19.9 Å². The van der Waals surface area contributed by atoms with Crippen LogP contribution in [-0.2, 0) is 11.3 Å².